The van der Waals surface area contributed by atoms with E-state index in [1.807, 2.05) is 0 Å². The van der Waals surface area contributed by atoms with Gasteiger partial charge in [0.05, 0.1) is 11.1 Å². The molecule has 2 aromatic rings. The summed E-state index contributed by atoms with van der Waals surface area (Å²) < 4.78 is 78.7. The van der Waals surface area contributed by atoms with E-state index in [2.05, 4.69) is 4.98 Å². The number of para-hydroxylation sites is 1. The smallest absolute Gasteiger partial charge is 0.381 e. The van der Waals surface area contributed by atoms with E-state index in [0.717, 1.165) is 26.0 Å². The highest BCUT2D eigenvalue weighted by Gasteiger charge is 2.44. The van der Waals surface area contributed by atoms with E-state index in [1.165, 1.54) is 0 Å². The average molecular weight is 382 g/mol. The fraction of sp³-hybridized carbons (Fsp3) is 0.400. The molecule has 0 aliphatic carbocycles. The predicted molar refractivity (Wildman–Crippen MR) is 77.8 cm³/mol. The van der Waals surface area contributed by atoms with Crippen LogP contribution in [0.3, 0.4) is 0 Å². The van der Waals surface area contributed by atoms with Gasteiger partial charge in [-0.3, -0.25) is 10.1 Å². The van der Waals surface area contributed by atoms with Crippen molar-refractivity contribution in [1.82, 2.24) is 4.98 Å². The van der Waals surface area contributed by atoms with Gasteiger partial charge in [0.25, 0.3) is 0 Å². The number of hydrogen-bond donors (Lipinski definition) is 1. The number of aliphatic hydroxyl groups excluding tert-OH is 1. The summed E-state index contributed by atoms with van der Waals surface area (Å²) in [5, 5.41) is 20.9. The first-order chi connectivity index (χ1) is 11.7. The number of benzene rings is 1. The second kappa shape index (κ2) is 6.08. The molecule has 1 aromatic heterocycles. The largest absolute Gasteiger partial charge is 0.433 e. The Morgan fingerprint density at radius 3 is 2.15 bits per heavy atom. The van der Waals surface area contributed by atoms with Crippen molar-refractivity contribution in [3.8, 4) is 0 Å². The molecule has 1 aromatic carbocycles. The van der Waals surface area contributed by atoms with Gasteiger partial charge < -0.3 is 5.11 Å². The molecule has 142 valence electrons. The summed E-state index contributed by atoms with van der Waals surface area (Å²) >= 11 is 0. The molecule has 0 fully saturated rings. The van der Waals surface area contributed by atoms with Gasteiger partial charge in [-0.15, -0.1) is 0 Å². The SMILES string of the molecule is CC(C)(C(O)c1cc(C(F)(F)F)nc2c(C(F)(F)F)cccc12)[N+](=O)[O-]. The maximum Gasteiger partial charge on any atom is 0.433 e. The fourth-order valence-electron chi connectivity index (χ4n) is 2.36. The van der Waals surface area contributed by atoms with Gasteiger partial charge in [-0.25, -0.2) is 4.98 Å². The Bertz CT molecular complexity index is 861. The third kappa shape index (κ3) is 3.43. The highest BCUT2D eigenvalue weighted by molar-refractivity contribution is 5.86. The van der Waals surface area contributed by atoms with E-state index in [-0.39, 0.29) is 0 Å². The molecule has 1 heterocycles. The van der Waals surface area contributed by atoms with Crippen LogP contribution in [0, 0.1) is 10.1 Å². The summed E-state index contributed by atoms with van der Waals surface area (Å²) in [6, 6.07) is 2.82. The molecule has 0 aliphatic heterocycles. The van der Waals surface area contributed by atoms with Crippen LogP contribution < -0.4 is 0 Å². The monoisotopic (exact) mass is 382 g/mol. The number of alkyl halides is 6. The van der Waals surface area contributed by atoms with E-state index >= 15 is 0 Å². The van der Waals surface area contributed by atoms with Crippen LogP contribution in [0.15, 0.2) is 24.3 Å². The Labute approximate surface area is 142 Å². The number of nitro groups is 1. The van der Waals surface area contributed by atoms with E-state index in [0.29, 0.717) is 12.1 Å². The van der Waals surface area contributed by atoms with Crippen LogP contribution >= 0.6 is 0 Å². The summed E-state index contributed by atoms with van der Waals surface area (Å²) in [4.78, 5) is 13.2. The van der Waals surface area contributed by atoms with Gasteiger partial charge in [-0.2, -0.15) is 26.3 Å². The molecule has 5 nitrogen and oxygen atoms in total. The summed E-state index contributed by atoms with van der Waals surface area (Å²) in [5.41, 5.74) is -6.97. The number of pyridine rings is 1. The zero-order chi connectivity index (χ0) is 20.1. The Morgan fingerprint density at radius 1 is 1.12 bits per heavy atom. The molecule has 1 atom stereocenters. The van der Waals surface area contributed by atoms with Gasteiger partial charge >= 0.3 is 12.4 Å². The Kier molecular flexibility index (Phi) is 4.65. The van der Waals surface area contributed by atoms with Crippen LogP contribution in [0.1, 0.15) is 36.8 Å². The molecule has 26 heavy (non-hydrogen) atoms. The lowest BCUT2D eigenvalue weighted by Crippen LogP contribution is -2.38. The van der Waals surface area contributed by atoms with Gasteiger partial charge in [-0.1, -0.05) is 12.1 Å². The van der Waals surface area contributed by atoms with Crippen LogP contribution in [0.2, 0.25) is 0 Å². The number of rotatable bonds is 3. The molecule has 0 bridgehead atoms. The van der Waals surface area contributed by atoms with Crippen molar-refractivity contribution in [3.05, 3.63) is 51.2 Å². The first-order valence-corrected chi connectivity index (χ1v) is 7.08. The highest BCUT2D eigenvalue weighted by Crippen LogP contribution is 2.41. The van der Waals surface area contributed by atoms with Crippen molar-refractivity contribution >= 4 is 10.9 Å². The minimum atomic E-state index is -5.11. The first kappa shape index (κ1) is 19.9. The normalized spacial score (nSPS) is 14.5. The van der Waals surface area contributed by atoms with Crippen LogP contribution in [-0.2, 0) is 12.4 Å². The second-order valence-electron chi connectivity index (χ2n) is 6.11. The molecule has 0 radical (unpaired) electrons. The number of fused-ring (bicyclic) bond motifs is 1. The fourth-order valence-corrected chi connectivity index (χ4v) is 2.36. The van der Waals surface area contributed by atoms with Crippen molar-refractivity contribution in [3.63, 3.8) is 0 Å². The van der Waals surface area contributed by atoms with Crippen LogP contribution in [-0.4, -0.2) is 20.6 Å². The summed E-state index contributed by atoms with van der Waals surface area (Å²) in [7, 11) is 0. The molecule has 0 amide bonds. The number of aromatic nitrogens is 1. The number of hydrogen-bond acceptors (Lipinski definition) is 4. The maximum absolute atomic E-state index is 13.1. The van der Waals surface area contributed by atoms with Gasteiger partial charge in [0, 0.05) is 24.2 Å². The van der Waals surface area contributed by atoms with Crippen LogP contribution in [0.5, 0.6) is 0 Å². The molecule has 1 N–H and O–H groups in total. The summed E-state index contributed by atoms with van der Waals surface area (Å²) in [6.07, 6.45) is -12.2. The van der Waals surface area contributed by atoms with E-state index in [9.17, 15) is 41.6 Å². The molecule has 0 spiro atoms. The summed E-state index contributed by atoms with van der Waals surface area (Å²) in [5.74, 6) is 0. The van der Waals surface area contributed by atoms with E-state index < -0.39 is 56.6 Å². The van der Waals surface area contributed by atoms with Crippen molar-refractivity contribution in [2.45, 2.75) is 37.8 Å². The molecular formula is C15H12F6N2O3. The van der Waals surface area contributed by atoms with Crippen molar-refractivity contribution in [1.29, 1.82) is 0 Å². The minimum absolute atomic E-state index is 0.332. The van der Waals surface area contributed by atoms with Crippen molar-refractivity contribution < 1.29 is 36.4 Å². The predicted octanol–water partition coefficient (Wildman–Crippen LogP) is 4.36. The summed E-state index contributed by atoms with van der Waals surface area (Å²) in [6.45, 7) is 1.90. The van der Waals surface area contributed by atoms with Crippen LogP contribution in [0.4, 0.5) is 26.3 Å². The van der Waals surface area contributed by atoms with Crippen molar-refractivity contribution in [2.75, 3.05) is 0 Å². The molecule has 1 unspecified atom stereocenters. The van der Waals surface area contributed by atoms with E-state index in [1.54, 1.807) is 0 Å². The van der Waals surface area contributed by atoms with Gasteiger partial charge in [0.2, 0.25) is 5.54 Å². The molecule has 0 saturated heterocycles. The lowest BCUT2D eigenvalue weighted by atomic mass is 9.89. The molecule has 2 rings (SSSR count). The molecule has 0 saturated carbocycles. The molecule has 0 aliphatic rings. The lowest BCUT2D eigenvalue weighted by Gasteiger charge is -2.24. The highest BCUT2D eigenvalue weighted by atomic mass is 19.4. The minimum Gasteiger partial charge on any atom is -0.381 e. The standard InChI is InChI=1S/C15H12F6N2O3/c1-13(2,23(25)26)12(24)8-6-10(15(19,20)21)22-11-7(8)4-3-5-9(11)14(16,17)18/h3-6,12,24H,1-2H3. The van der Waals surface area contributed by atoms with Crippen molar-refractivity contribution in [2.24, 2.45) is 0 Å². The molecule has 11 heteroatoms. The van der Waals surface area contributed by atoms with E-state index in [4.69, 9.17) is 0 Å². The Balaban J connectivity index is 2.92. The third-order valence-electron chi connectivity index (χ3n) is 3.90. The van der Waals surface area contributed by atoms with Crippen LogP contribution in [0.25, 0.3) is 10.9 Å². The van der Waals surface area contributed by atoms with Gasteiger partial charge in [0.1, 0.15) is 11.8 Å². The average Bonchev–Trinajstić information content (AvgIpc) is 2.50. The van der Waals surface area contributed by atoms with Gasteiger partial charge in [0.15, 0.2) is 0 Å². The second-order valence-corrected chi connectivity index (χ2v) is 6.11. The number of nitrogens with zero attached hydrogens (tertiary/aromatic N) is 2. The zero-order valence-electron chi connectivity index (χ0n) is 13.3. The first-order valence-electron chi connectivity index (χ1n) is 7.08. The zero-order valence-corrected chi connectivity index (χ0v) is 13.3. The Morgan fingerprint density at radius 2 is 1.69 bits per heavy atom. The third-order valence-corrected chi connectivity index (χ3v) is 3.90. The topological polar surface area (TPSA) is 76.3 Å². The Hall–Kier alpha value is -2.43. The number of halogens is 6. The lowest BCUT2D eigenvalue weighted by molar-refractivity contribution is -0.574. The maximum atomic E-state index is 13.1. The quantitative estimate of drug-likeness (QED) is 0.486. The molecular weight excluding hydrogens is 370 g/mol. The number of aliphatic hydroxyl groups is 1. The van der Waals surface area contributed by atoms with Gasteiger partial charge in [-0.05, 0) is 17.7 Å².